The van der Waals surface area contributed by atoms with Crippen molar-refractivity contribution in [2.45, 2.75) is 31.1 Å². The summed E-state index contributed by atoms with van der Waals surface area (Å²) in [5.41, 5.74) is 1.01. The zero-order chi connectivity index (χ0) is 17.7. The molecule has 1 amide bonds. The van der Waals surface area contributed by atoms with Crippen molar-refractivity contribution in [2.24, 2.45) is 0 Å². The molecule has 2 N–H and O–H groups in total. The first-order valence-electron chi connectivity index (χ1n) is 7.54. The van der Waals surface area contributed by atoms with E-state index in [0.29, 0.717) is 13.1 Å². The lowest BCUT2D eigenvalue weighted by Gasteiger charge is -2.19. The molecule has 0 spiro atoms. The maximum atomic E-state index is 12.2. The van der Waals surface area contributed by atoms with Gasteiger partial charge in [0.2, 0.25) is 15.9 Å². The van der Waals surface area contributed by atoms with E-state index in [1.54, 1.807) is 24.3 Å². The molecule has 0 bridgehead atoms. The second-order valence-corrected chi connectivity index (χ2v) is 8.52. The fourth-order valence-corrected chi connectivity index (χ4v) is 2.84. The number of hydrogen-bond donors (Lipinski definition) is 2. The highest BCUT2D eigenvalue weighted by Gasteiger charge is 2.18. The molecule has 0 aliphatic carbocycles. The molecule has 7 heteroatoms. The van der Waals surface area contributed by atoms with E-state index in [-0.39, 0.29) is 22.8 Å². The van der Waals surface area contributed by atoms with Crippen LogP contribution in [0.5, 0.6) is 0 Å². The summed E-state index contributed by atoms with van der Waals surface area (Å²) in [5, 5.41) is 2.66. The van der Waals surface area contributed by atoms with Crippen molar-refractivity contribution in [1.29, 1.82) is 0 Å². The van der Waals surface area contributed by atoms with Gasteiger partial charge in [-0.3, -0.25) is 4.79 Å². The standard InChI is InChI=1S/C16H27N3O3S/c1-16(2,3)13-6-8-14(9-7-13)23(21,22)18-12-15(20)17-10-11-19(4)5/h6-9,18H,10-12H2,1-5H3,(H,17,20). The number of carbonyl (C=O) groups excluding carboxylic acids is 1. The van der Waals surface area contributed by atoms with Gasteiger partial charge in [-0.2, -0.15) is 0 Å². The fraction of sp³-hybridized carbons (Fsp3) is 0.562. The van der Waals surface area contributed by atoms with Gasteiger partial charge in [-0.1, -0.05) is 32.9 Å². The summed E-state index contributed by atoms with van der Waals surface area (Å²) in [4.78, 5) is 13.7. The number of hydrogen-bond acceptors (Lipinski definition) is 4. The third-order valence-corrected chi connectivity index (χ3v) is 4.75. The molecule has 0 aliphatic heterocycles. The topological polar surface area (TPSA) is 78.5 Å². The van der Waals surface area contributed by atoms with Crippen molar-refractivity contribution in [3.05, 3.63) is 29.8 Å². The van der Waals surface area contributed by atoms with Crippen LogP contribution in [-0.4, -0.2) is 53.0 Å². The van der Waals surface area contributed by atoms with Crippen LogP contribution in [0.4, 0.5) is 0 Å². The first-order chi connectivity index (χ1) is 10.5. The molecule has 0 aromatic heterocycles. The van der Waals surface area contributed by atoms with Crippen LogP contribution in [0, 0.1) is 0 Å². The number of rotatable bonds is 7. The molecular weight excluding hydrogens is 314 g/mol. The Labute approximate surface area is 139 Å². The molecule has 0 heterocycles. The van der Waals surface area contributed by atoms with Crippen molar-refractivity contribution in [3.8, 4) is 0 Å². The molecule has 0 saturated heterocycles. The Morgan fingerprint density at radius 3 is 2.17 bits per heavy atom. The third kappa shape index (κ3) is 6.68. The lowest BCUT2D eigenvalue weighted by molar-refractivity contribution is -0.119. The van der Waals surface area contributed by atoms with Gasteiger partial charge < -0.3 is 10.2 Å². The Hall–Kier alpha value is -1.44. The highest BCUT2D eigenvalue weighted by molar-refractivity contribution is 7.89. The number of amides is 1. The first-order valence-corrected chi connectivity index (χ1v) is 9.02. The van der Waals surface area contributed by atoms with Crippen LogP contribution in [0.2, 0.25) is 0 Å². The molecule has 1 aromatic carbocycles. The molecule has 0 atom stereocenters. The molecule has 1 rings (SSSR count). The van der Waals surface area contributed by atoms with Gasteiger partial charge in [-0.05, 0) is 37.2 Å². The van der Waals surface area contributed by atoms with E-state index >= 15 is 0 Å². The molecule has 23 heavy (non-hydrogen) atoms. The predicted octanol–water partition coefficient (Wildman–Crippen LogP) is 0.940. The largest absolute Gasteiger partial charge is 0.354 e. The summed E-state index contributed by atoms with van der Waals surface area (Å²) in [6, 6.07) is 6.72. The molecule has 0 unspecified atom stereocenters. The maximum Gasteiger partial charge on any atom is 0.241 e. The summed E-state index contributed by atoms with van der Waals surface area (Å²) < 4.78 is 26.7. The minimum Gasteiger partial charge on any atom is -0.354 e. The van der Waals surface area contributed by atoms with Gasteiger partial charge in [0, 0.05) is 13.1 Å². The zero-order valence-corrected chi connectivity index (χ0v) is 15.3. The summed E-state index contributed by atoms with van der Waals surface area (Å²) >= 11 is 0. The third-order valence-electron chi connectivity index (χ3n) is 3.33. The second-order valence-electron chi connectivity index (χ2n) is 6.75. The van der Waals surface area contributed by atoms with Crippen molar-refractivity contribution in [1.82, 2.24) is 14.9 Å². The van der Waals surface area contributed by atoms with Gasteiger partial charge >= 0.3 is 0 Å². The highest BCUT2D eigenvalue weighted by Crippen LogP contribution is 2.23. The smallest absolute Gasteiger partial charge is 0.241 e. The first kappa shape index (κ1) is 19.6. The Bertz CT molecular complexity index is 617. The van der Waals surface area contributed by atoms with E-state index in [0.717, 1.165) is 5.56 Å². The Kier molecular flexibility index (Phi) is 6.73. The van der Waals surface area contributed by atoms with Gasteiger partial charge in [0.15, 0.2) is 0 Å². The van der Waals surface area contributed by atoms with E-state index in [2.05, 4.69) is 30.8 Å². The molecule has 1 aromatic rings. The number of likely N-dealkylation sites (N-methyl/N-ethyl adjacent to an activating group) is 1. The minimum atomic E-state index is -3.68. The van der Waals surface area contributed by atoms with Crippen molar-refractivity contribution >= 4 is 15.9 Å². The lowest BCUT2D eigenvalue weighted by atomic mass is 9.87. The molecule has 6 nitrogen and oxygen atoms in total. The number of carbonyl (C=O) groups is 1. The van der Waals surface area contributed by atoms with Crippen LogP contribution >= 0.6 is 0 Å². The van der Waals surface area contributed by atoms with Gasteiger partial charge in [-0.15, -0.1) is 0 Å². The maximum absolute atomic E-state index is 12.2. The minimum absolute atomic E-state index is 0.0396. The number of benzene rings is 1. The number of sulfonamides is 1. The normalized spacial score (nSPS) is 12.4. The Morgan fingerprint density at radius 2 is 1.70 bits per heavy atom. The van der Waals surface area contributed by atoms with Gasteiger partial charge in [0.05, 0.1) is 11.4 Å². The second kappa shape index (κ2) is 7.90. The quantitative estimate of drug-likeness (QED) is 0.774. The van der Waals surface area contributed by atoms with E-state index in [1.807, 2.05) is 19.0 Å². The SMILES string of the molecule is CN(C)CCNC(=O)CNS(=O)(=O)c1ccc(C(C)(C)C)cc1. The van der Waals surface area contributed by atoms with E-state index in [4.69, 9.17) is 0 Å². The van der Waals surface area contributed by atoms with Crippen molar-refractivity contribution < 1.29 is 13.2 Å². The van der Waals surface area contributed by atoms with Gasteiger partial charge in [-0.25, -0.2) is 13.1 Å². The van der Waals surface area contributed by atoms with E-state index < -0.39 is 10.0 Å². The predicted molar refractivity (Wildman–Crippen MR) is 91.9 cm³/mol. The molecular formula is C16H27N3O3S. The van der Waals surface area contributed by atoms with Crippen LogP contribution < -0.4 is 10.0 Å². The Balaban J connectivity index is 2.61. The molecule has 0 aliphatic rings. The van der Waals surface area contributed by atoms with Crippen LogP contribution in [0.3, 0.4) is 0 Å². The monoisotopic (exact) mass is 341 g/mol. The lowest BCUT2D eigenvalue weighted by Crippen LogP contribution is -2.39. The van der Waals surface area contributed by atoms with Crippen LogP contribution in [-0.2, 0) is 20.2 Å². The van der Waals surface area contributed by atoms with Gasteiger partial charge in [0.25, 0.3) is 0 Å². The average Bonchev–Trinajstić information content (AvgIpc) is 2.44. The summed E-state index contributed by atoms with van der Waals surface area (Å²) in [6.07, 6.45) is 0. The molecule has 0 fully saturated rings. The van der Waals surface area contributed by atoms with Gasteiger partial charge in [0.1, 0.15) is 0 Å². The highest BCUT2D eigenvalue weighted by atomic mass is 32.2. The van der Waals surface area contributed by atoms with E-state index in [9.17, 15) is 13.2 Å². The summed E-state index contributed by atoms with van der Waals surface area (Å²) in [7, 11) is 0.118. The molecule has 0 saturated carbocycles. The number of nitrogens with one attached hydrogen (secondary N) is 2. The molecule has 130 valence electrons. The molecule has 0 radical (unpaired) electrons. The van der Waals surface area contributed by atoms with Crippen LogP contribution in [0.1, 0.15) is 26.3 Å². The summed E-state index contributed by atoms with van der Waals surface area (Å²) in [6.45, 7) is 7.10. The van der Waals surface area contributed by atoms with E-state index in [1.165, 1.54) is 0 Å². The fourth-order valence-electron chi connectivity index (χ4n) is 1.86. The van der Waals surface area contributed by atoms with Crippen LogP contribution in [0.15, 0.2) is 29.2 Å². The van der Waals surface area contributed by atoms with Crippen molar-refractivity contribution in [2.75, 3.05) is 33.7 Å². The van der Waals surface area contributed by atoms with Crippen molar-refractivity contribution in [3.63, 3.8) is 0 Å². The van der Waals surface area contributed by atoms with Crippen LogP contribution in [0.25, 0.3) is 0 Å². The number of nitrogens with zero attached hydrogens (tertiary/aromatic N) is 1. The average molecular weight is 341 g/mol. The Morgan fingerprint density at radius 1 is 1.13 bits per heavy atom. The zero-order valence-electron chi connectivity index (χ0n) is 14.5. The summed E-state index contributed by atoms with van der Waals surface area (Å²) in [5.74, 6) is -0.346.